The van der Waals surface area contributed by atoms with E-state index < -0.39 is 11.8 Å². The second-order valence-corrected chi connectivity index (χ2v) is 7.82. The number of nitrogens with zero attached hydrogens (tertiary/aromatic N) is 2. The molecule has 0 saturated heterocycles. The highest BCUT2D eigenvalue weighted by Crippen LogP contribution is 2.36. The summed E-state index contributed by atoms with van der Waals surface area (Å²) < 4.78 is 25.6. The van der Waals surface area contributed by atoms with E-state index in [1.54, 1.807) is 0 Å². The summed E-state index contributed by atoms with van der Waals surface area (Å²) in [5.41, 5.74) is 0.748. The molecular formula is C18H9BrClFN2O3S. The SMILES string of the molecule is O=C(OCc1nnc(-c2ccc(Br)cc2)o1)c1sc2cc(F)ccc2c1Cl. The molecule has 4 aromatic rings. The van der Waals surface area contributed by atoms with Crippen LogP contribution in [-0.2, 0) is 11.3 Å². The van der Waals surface area contributed by atoms with E-state index >= 15 is 0 Å². The van der Waals surface area contributed by atoms with Crippen molar-refractivity contribution in [2.24, 2.45) is 0 Å². The maximum Gasteiger partial charge on any atom is 0.350 e. The molecule has 0 amide bonds. The number of ether oxygens (including phenoxy) is 1. The molecular weight excluding hydrogens is 459 g/mol. The van der Waals surface area contributed by atoms with Gasteiger partial charge in [-0.2, -0.15) is 0 Å². The number of carbonyl (C=O) groups is 1. The van der Waals surface area contributed by atoms with Crippen LogP contribution in [0.25, 0.3) is 21.5 Å². The number of rotatable bonds is 4. The number of halogens is 3. The van der Waals surface area contributed by atoms with Crippen LogP contribution < -0.4 is 0 Å². The van der Waals surface area contributed by atoms with E-state index in [4.69, 9.17) is 20.8 Å². The van der Waals surface area contributed by atoms with Crippen molar-refractivity contribution < 1.29 is 18.3 Å². The summed E-state index contributed by atoms with van der Waals surface area (Å²) in [7, 11) is 0. The van der Waals surface area contributed by atoms with Crippen molar-refractivity contribution in [2.75, 3.05) is 0 Å². The standard InChI is InChI=1S/C18H9BrClFN2O3S/c19-10-3-1-9(2-4-10)17-23-22-14(26-17)8-25-18(24)16-15(20)12-6-5-11(21)7-13(12)27-16/h1-7H,8H2. The van der Waals surface area contributed by atoms with Gasteiger partial charge in [0.2, 0.25) is 5.89 Å². The van der Waals surface area contributed by atoms with Crippen LogP contribution in [0, 0.1) is 5.82 Å². The zero-order valence-electron chi connectivity index (χ0n) is 13.4. The van der Waals surface area contributed by atoms with Crippen molar-refractivity contribution >= 4 is 54.9 Å². The molecule has 2 aromatic carbocycles. The highest BCUT2D eigenvalue weighted by Gasteiger charge is 2.20. The summed E-state index contributed by atoms with van der Waals surface area (Å²) in [6, 6.07) is 11.5. The van der Waals surface area contributed by atoms with Crippen molar-refractivity contribution in [3.05, 3.63) is 68.5 Å². The van der Waals surface area contributed by atoms with Gasteiger partial charge in [0, 0.05) is 20.1 Å². The molecule has 0 N–H and O–H groups in total. The molecule has 0 unspecified atom stereocenters. The van der Waals surface area contributed by atoms with Crippen LogP contribution in [0.1, 0.15) is 15.6 Å². The fraction of sp³-hybridized carbons (Fsp3) is 0.0556. The van der Waals surface area contributed by atoms with Gasteiger partial charge in [0.25, 0.3) is 5.89 Å². The van der Waals surface area contributed by atoms with E-state index in [0.29, 0.717) is 16.0 Å². The molecule has 27 heavy (non-hydrogen) atoms. The Bertz CT molecular complexity index is 1140. The van der Waals surface area contributed by atoms with Crippen LogP contribution in [0.2, 0.25) is 5.02 Å². The zero-order chi connectivity index (χ0) is 19.0. The Labute approximate surface area is 169 Å². The molecule has 0 radical (unpaired) electrons. The maximum absolute atomic E-state index is 13.3. The molecule has 9 heteroatoms. The quantitative estimate of drug-likeness (QED) is 0.352. The van der Waals surface area contributed by atoms with E-state index in [9.17, 15) is 9.18 Å². The number of aromatic nitrogens is 2. The first-order valence-electron chi connectivity index (χ1n) is 7.64. The number of esters is 1. The van der Waals surface area contributed by atoms with Gasteiger partial charge in [-0.25, -0.2) is 9.18 Å². The molecule has 0 aliphatic rings. The molecule has 2 heterocycles. The third kappa shape index (κ3) is 3.73. The minimum absolute atomic E-state index is 0.157. The molecule has 0 bridgehead atoms. The molecule has 0 atom stereocenters. The van der Waals surface area contributed by atoms with Crippen LogP contribution in [-0.4, -0.2) is 16.2 Å². The first kappa shape index (κ1) is 18.1. The van der Waals surface area contributed by atoms with Gasteiger partial charge < -0.3 is 9.15 Å². The summed E-state index contributed by atoms with van der Waals surface area (Å²) >= 11 is 10.6. The van der Waals surface area contributed by atoms with Gasteiger partial charge in [-0.15, -0.1) is 21.5 Å². The van der Waals surface area contributed by atoms with Crippen LogP contribution in [0.5, 0.6) is 0 Å². The van der Waals surface area contributed by atoms with Crippen molar-refractivity contribution in [1.29, 1.82) is 0 Å². The Morgan fingerprint density at radius 2 is 2.00 bits per heavy atom. The number of benzene rings is 2. The smallest absolute Gasteiger partial charge is 0.350 e. The van der Waals surface area contributed by atoms with Gasteiger partial charge >= 0.3 is 5.97 Å². The van der Waals surface area contributed by atoms with E-state index in [-0.39, 0.29) is 22.4 Å². The zero-order valence-corrected chi connectivity index (χ0v) is 16.6. The fourth-order valence-electron chi connectivity index (χ4n) is 2.38. The molecule has 0 fully saturated rings. The molecule has 0 saturated carbocycles. The summed E-state index contributed by atoms with van der Waals surface area (Å²) in [5, 5.41) is 8.65. The van der Waals surface area contributed by atoms with Crippen LogP contribution in [0.4, 0.5) is 4.39 Å². The predicted molar refractivity (Wildman–Crippen MR) is 103 cm³/mol. The predicted octanol–water partition coefficient (Wildman–Crippen LogP) is 5.86. The molecule has 0 aliphatic heterocycles. The average molecular weight is 468 g/mol. The van der Waals surface area contributed by atoms with Gasteiger partial charge in [0.05, 0.1) is 5.02 Å². The van der Waals surface area contributed by atoms with Crippen LogP contribution in [0.3, 0.4) is 0 Å². The molecule has 0 aliphatic carbocycles. The van der Waals surface area contributed by atoms with Crippen molar-refractivity contribution in [3.63, 3.8) is 0 Å². The lowest BCUT2D eigenvalue weighted by atomic mass is 10.2. The lowest BCUT2D eigenvalue weighted by Gasteiger charge is -2.00. The Kier molecular flexibility index (Phi) is 4.94. The second kappa shape index (κ2) is 7.38. The minimum atomic E-state index is -0.634. The third-order valence-electron chi connectivity index (χ3n) is 3.66. The maximum atomic E-state index is 13.3. The number of thiophene rings is 1. The number of hydrogen-bond donors (Lipinski definition) is 0. The second-order valence-electron chi connectivity index (χ2n) is 5.47. The normalized spacial score (nSPS) is 11.1. The van der Waals surface area contributed by atoms with Gasteiger partial charge in [0.15, 0.2) is 6.61 Å². The highest BCUT2D eigenvalue weighted by atomic mass is 79.9. The van der Waals surface area contributed by atoms with Crippen molar-refractivity contribution in [1.82, 2.24) is 10.2 Å². The molecule has 4 rings (SSSR count). The first-order valence-corrected chi connectivity index (χ1v) is 9.63. The highest BCUT2D eigenvalue weighted by molar-refractivity contribution is 9.10. The van der Waals surface area contributed by atoms with E-state index in [0.717, 1.165) is 21.4 Å². The topological polar surface area (TPSA) is 65.2 Å². The molecule has 136 valence electrons. The minimum Gasteiger partial charge on any atom is -0.451 e. The van der Waals surface area contributed by atoms with Crippen LogP contribution in [0.15, 0.2) is 51.4 Å². The van der Waals surface area contributed by atoms with E-state index in [1.165, 1.54) is 18.2 Å². The van der Waals surface area contributed by atoms with Gasteiger partial charge in [0.1, 0.15) is 10.7 Å². The Morgan fingerprint density at radius 3 is 2.78 bits per heavy atom. The number of carbonyl (C=O) groups excluding carboxylic acids is 1. The summed E-state index contributed by atoms with van der Waals surface area (Å²) in [6.07, 6.45) is 0. The van der Waals surface area contributed by atoms with Gasteiger partial charge in [-0.3, -0.25) is 0 Å². The fourth-order valence-corrected chi connectivity index (χ4v) is 4.08. The Hall–Kier alpha value is -2.29. The van der Waals surface area contributed by atoms with E-state index in [1.807, 2.05) is 24.3 Å². The van der Waals surface area contributed by atoms with Gasteiger partial charge in [-0.05, 0) is 42.5 Å². The van der Waals surface area contributed by atoms with Crippen LogP contribution >= 0.6 is 38.9 Å². The average Bonchev–Trinajstić information content (AvgIpc) is 3.25. The summed E-state index contributed by atoms with van der Waals surface area (Å²) in [6.45, 7) is -0.193. The van der Waals surface area contributed by atoms with E-state index in [2.05, 4.69) is 26.1 Å². The summed E-state index contributed by atoms with van der Waals surface area (Å²) in [5.74, 6) is -0.551. The largest absolute Gasteiger partial charge is 0.451 e. The first-order chi connectivity index (χ1) is 13.0. The third-order valence-corrected chi connectivity index (χ3v) is 5.83. The number of fused-ring (bicyclic) bond motifs is 1. The lowest BCUT2D eigenvalue weighted by Crippen LogP contribution is -2.04. The Morgan fingerprint density at radius 1 is 1.22 bits per heavy atom. The Balaban J connectivity index is 1.48. The summed E-state index contributed by atoms with van der Waals surface area (Å²) in [4.78, 5) is 12.5. The van der Waals surface area contributed by atoms with Gasteiger partial charge in [-0.1, -0.05) is 27.5 Å². The van der Waals surface area contributed by atoms with Crippen molar-refractivity contribution in [2.45, 2.75) is 6.61 Å². The number of hydrogen-bond acceptors (Lipinski definition) is 6. The molecule has 5 nitrogen and oxygen atoms in total. The molecule has 2 aromatic heterocycles. The lowest BCUT2D eigenvalue weighted by molar-refractivity contribution is 0.0445. The van der Waals surface area contributed by atoms with Crippen molar-refractivity contribution in [3.8, 4) is 11.5 Å². The monoisotopic (exact) mass is 466 g/mol. The molecule has 0 spiro atoms.